The van der Waals surface area contributed by atoms with Crippen LogP contribution in [0.4, 0.5) is 8.78 Å². The zero-order valence-corrected chi connectivity index (χ0v) is 26.1. The first kappa shape index (κ1) is 35.7. The van der Waals surface area contributed by atoms with E-state index in [1.165, 1.54) is 12.1 Å². The molecule has 0 saturated carbocycles. The zero-order valence-electron chi connectivity index (χ0n) is 25.3. The number of nitrogens with one attached hydrogen (secondary N) is 2. The van der Waals surface area contributed by atoms with Gasteiger partial charge in [-0.15, -0.1) is 12.4 Å². The number of hydrogen-bond donors (Lipinski definition) is 4. The molecule has 2 atom stereocenters. The molecule has 0 saturated heterocycles. The van der Waals surface area contributed by atoms with Gasteiger partial charge >= 0.3 is 0 Å². The van der Waals surface area contributed by atoms with Gasteiger partial charge in [0.1, 0.15) is 11.8 Å². The fourth-order valence-corrected chi connectivity index (χ4v) is 4.98. The van der Waals surface area contributed by atoms with Gasteiger partial charge in [0.15, 0.2) is 11.6 Å². The van der Waals surface area contributed by atoms with Gasteiger partial charge in [-0.25, -0.2) is 8.78 Å². The van der Waals surface area contributed by atoms with Crippen LogP contribution in [0.5, 0.6) is 5.75 Å². The maximum Gasteiger partial charge on any atom is 0.249 e. The van der Waals surface area contributed by atoms with Gasteiger partial charge in [-0.2, -0.15) is 0 Å². The summed E-state index contributed by atoms with van der Waals surface area (Å²) in [7, 11) is 0. The predicted molar refractivity (Wildman–Crippen MR) is 174 cm³/mol. The molecule has 0 unspecified atom stereocenters. The van der Waals surface area contributed by atoms with E-state index >= 15 is 0 Å². The molecule has 0 aliphatic carbocycles. The summed E-state index contributed by atoms with van der Waals surface area (Å²) in [6.07, 6.45) is 0.0592. The Kier molecular flexibility index (Phi) is 13.2. The summed E-state index contributed by atoms with van der Waals surface area (Å²) in [4.78, 5) is 39.9. The van der Waals surface area contributed by atoms with Crippen LogP contribution in [0, 0.1) is 11.6 Å². The smallest absolute Gasteiger partial charge is 0.249 e. The minimum Gasteiger partial charge on any atom is -0.494 e. The fourth-order valence-electron chi connectivity index (χ4n) is 4.98. The van der Waals surface area contributed by atoms with Gasteiger partial charge in [0.05, 0.1) is 12.5 Å². The molecular formula is C35H37ClF2N4O4. The maximum atomic E-state index is 14.1. The SMILES string of the molecule is CCOc1ccc(C[C@@H](C(=O)N[C@@H](Cc2ccc(F)c(F)c2)C(=O)NCc2ccc(CN)cc2)c2ccccc2C(N)=O)cc1.Cl. The molecule has 0 fully saturated rings. The van der Waals surface area contributed by atoms with Crippen LogP contribution in [0.3, 0.4) is 0 Å². The van der Waals surface area contributed by atoms with Crippen molar-refractivity contribution in [2.24, 2.45) is 11.5 Å². The molecule has 6 N–H and O–H groups in total. The number of amides is 3. The molecule has 11 heteroatoms. The van der Waals surface area contributed by atoms with Crippen LogP contribution in [0.1, 0.15) is 51.0 Å². The third-order valence-electron chi connectivity index (χ3n) is 7.37. The van der Waals surface area contributed by atoms with Gasteiger partial charge in [0, 0.05) is 25.1 Å². The summed E-state index contributed by atoms with van der Waals surface area (Å²) in [6, 6.07) is 23.3. The van der Waals surface area contributed by atoms with Crippen molar-refractivity contribution < 1.29 is 27.9 Å². The Morgan fingerprint density at radius 1 is 0.783 bits per heavy atom. The van der Waals surface area contributed by atoms with E-state index in [1.807, 2.05) is 43.3 Å². The minimum atomic E-state index is -1.16. The number of ether oxygens (including phenoxy) is 1. The predicted octanol–water partition coefficient (Wildman–Crippen LogP) is 4.71. The molecule has 0 spiro atoms. The normalized spacial score (nSPS) is 11.9. The molecule has 4 rings (SSSR count). The zero-order chi connectivity index (χ0) is 32.3. The Hall–Kier alpha value is -4.80. The Bertz CT molecular complexity index is 1630. The minimum absolute atomic E-state index is 0. The second kappa shape index (κ2) is 17.0. The summed E-state index contributed by atoms with van der Waals surface area (Å²) < 4.78 is 33.3. The second-order valence-corrected chi connectivity index (χ2v) is 10.5. The Labute approximate surface area is 272 Å². The monoisotopic (exact) mass is 650 g/mol. The van der Waals surface area contributed by atoms with Crippen LogP contribution >= 0.6 is 12.4 Å². The van der Waals surface area contributed by atoms with Gasteiger partial charge in [0.25, 0.3) is 0 Å². The Morgan fingerprint density at radius 3 is 2.04 bits per heavy atom. The summed E-state index contributed by atoms with van der Waals surface area (Å²) in [6.45, 7) is 2.91. The van der Waals surface area contributed by atoms with Crippen molar-refractivity contribution in [2.75, 3.05) is 6.61 Å². The number of rotatable bonds is 14. The van der Waals surface area contributed by atoms with Gasteiger partial charge < -0.3 is 26.8 Å². The summed E-state index contributed by atoms with van der Waals surface area (Å²) in [5.74, 6) is -4.13. The van der Waals surface area contributed by atoms with E-state index in [4.69, 9.17) is 16.2 Å². The molecule has 0 aromatic heterocycles. The molecule has 0 bridgehead atoms. The number of carbonyl (C=O) groups excluding carboxylic acids is 3. The van der Waals surface area contributed by atoms with Gasteiger partial charge in [-0.05, 0) is 71.5 Å². The molecule has 3 amide bonds. The standard InChI is InChI=1S/C35H36F2N4O4.ClH/c1-2-45-26-14-11-22(12-15-26)17-29(27-5-3-4-6-28(27)33(39)42)34(43)41-32(19-25-13-16-30(36)31(37)18-25)35(44)40-21-24-9-7-23(20-38)8-10-24;/h3-16,18,29,32H,2,17,19-21,38H2,1H3,(H2,39,42)(H,40,44)(H,41,43);1H/t29-,32+;/m1./s1. The van der Waals surface area contributed by atoms with E-state index in [0.717, 1.165) is 28.8 Å². The van der Waals surface area contributed by atoms with E-state index in [1.54, 1.807) is 30.3 Å². The molecule has 0 heterocycles. The van der Waals surface area contributed by atoms with Gasteiger partial charge in [0.2, 0.25) is 17.7 Å². The van der Waals surface area contributed by atoms with Crippen LogP contribution in [0.25, 0.3) is 0 Å². The van der Waals surface area contributed by atoms with Crippen molar-refractivity contribution in [3.63, 3.8) is 0 Å². The molecule has 46 heavy (non-hydrogen) atoms. The van der Waals surface area contributed by atoms with Crippen molar-refractivity contribution in [3.05, 3.63) is 136 Å². The number of nitrogens with two attached hydrogens (primary N) is 2. The van der Waals surface area contributed by atoms with Crippen molar-refractivity contribution in [1.82, 2.24) is 10.6 Å². The molecule has 0 aliphatic rings. The Balaban J connectivity index is 0.00000576. The van der Waals surface area contributed by atoms with Crippen LogP contribution in [0.2, 0.25) is 0 Å². The topological polar surface area (TPSA) is 137 Å². The lowest BCUT2D eigenvalue weighted by atomic mass is 9.87. The molecule has 4 aromatic carbocycles. The number of carbonyl (C=O) groups is 3. The quantitative estimate of drug-likeness (QED) is 0.157. The molecular weight excluding hydrogens is 614 g/mol. The first-order valence-electron chi connectivity index (χ1n) is 14.6. The van der Waals surface area contributed by atoms with E-state index in [9.17, 15) is 23.2 Å². The van der Waals surface area contributed by atoms with Crippen LogP contribution in [0.15, 0.2) is 91.0 Å². The number of primary amides is 1. The van der Waals surface area contributed by atoms with E-state index in [2.05, 4.69) is 10.6 Å². The number of benzene rings is 4. The van der Waals surface area contributed by atoms with Crippen LogP contribution in [-0.4, -0.2) is 30.4 Å². The maximum absolute atomic E-state index is 14.1. The third kappa shape index (κ3) is 9.60. The lowest BCUT2D eigenvalue weighted by Gasteiger charge is -2.24. The van der Waals surface area contributed by atoms with E-state index < -0.39 is 41.3 Å². The van der Waals surface area contributed by atoms with E-state index in [-0.39, 0.29) is 37.4 Å². The molecule has 242 valence electrons. The van der Waals surface area contributed by atoms with Crippen molar-refractivity contribution in [3.8, 4) is 5.75 Å². The average Bonchev–Trinajstić information content (AvgIpc) is 3.05. The number of halogens is 3. The van der Waals surface area contributed by atoms with Crippen molar-refractivity contribution >= 4 is 30.1 Å². The highest BCUT2D eigenvalue weighted by molar-refractivity contribution is 5.98. The van der Waals surface area contributed by atoms with Gasteiger partial charge in [-0.1, -0.05) is 60.7 Å². The van der Waals surface area contributed by atoms with Gasteiger partial charge in [-0.3, -0.25) is 14.4 Å². The summed E-state index contributed by atoms with van der Waals surface area (Å²) >= 11 is 0. The van der Waals surface area contributed by atoms with Crippen molar-refractivity contribution in [2.45, 2.75) is 44.8 Å². The van der Waals surface area contributed by atoms with Crippen LogP contribution in [-0.2, 0) is 35.5 Å². The molecule has 4 aromatic rings. The van der Waals surface area contributed by atoms with Crippen molar-refractivity contribution in [1.29, 1.82) is 0 Å². The first-order chi connectivity index (χ1) is 21.7. The lowest BCUT2D eigenvalue weighted by Crippen LogP contribution is -2.49. The largest absolute Gasteiger partial charge is 0.494 e. The second-order valence-electron chi connectivity index (χ2n) is 10.5. The highest BCUT2D eigenvalue weighted by Gasteiger charge is 2.29. The molecule has 0 radical (unpaired) electrons. The first-order valence-corrected chi connectivity index (χ1v) is 14.6. The molecule has 8 nitrogen and oxygen atoms in total. The Morgan fingerprint density at radius 2 is 1.41 bits per heavy atom. The van der Waals surface area contributed by atoms with Crippen LogP contribution < -0.4 is 26.8 Å². The number of hydrogen-bond acceptors (Lipinski definition) is 5. The lowest BCUT2D eigenvalue weighted by molar-refractivity contribution is -0.129. The summed E-state index contributed by atoms with van der Waals surface area (Å²) in [5.41, 5.74) is 14.7. The fraction of sp³-hybridized carbons (Fsp3) is 0.229. The highest BCUT2D eigenvalue weighted by atomic mass is 35.5. The highest BCUT2D eigenvalue weighted by Crippen LogP contribution is 2.26. The average molecular weight is 651 g/mol. The third-order valence-corrected chi connectivity index (χ3v) is 7.37. The molecule has 0 aliphatic heterocycles. The van der Waals surface area contributed by atoms with E-state index in [0.29, 0.717) is 30.0 Å². The summed E-state index contributed by atoms with van der Waals surface area (Å²) in [5, 5.41) is 5.63.